The second-order valence-corrected chi connectivity index (χ2v) is 5.11. The summed E-state index contributed by atoms with van der Waals surface area (Å²) in [6.45, 7) is 0.382. The van der Waals surface area contributed by atoms with Crippen LogP contribution in [0.2, 0.25) is 0 Å². The summed E-state index contributed by atoms with van der Waals surface area (Å²) in [5.74, 6) is 1.04. The van der Waals surface area contributed by atoms with Crippen LogP contribution >= 0.6 is 0 Å². The number of quaternary nitrogens is 1. The van der Waals surface area contributed by atoms with Crippen LogP contribution in [0.3, 0.4) is 0 Å². The van der Waals surface area contributed by atoms with Crippen LogP contribution in [0.25, 0.3) is 0 Å². The zero-order valence-electron chi connectivity index (χ0n) is 11.2. The normalized spacial score (nSPS) is 34.4. The lowest BCUT2D eigenvalue weighted by molar-refractivity contribution is -0.791. The van der Waals surface area contributed by atoms with Crippen molar-refractivity contribution in [2.24, 2.45) is 0 Å². The second-order valence-electron chi connectivity index (χ2n) is 5.11. The van der Waals surface area contributed by atoms with Crippen molar-refractivity contribution in [3.8, 4) is 0 Å². The van der Waals surface area contributed by atoms with Crippen LogP contribution in [0.4, 0.5) is 0 Å². The molecule has 0 atom stereocenters. The molecule has 5 nitrogen and oxygen atoms in total. The third-order valence-corrected chi connectivity index (χ3v) is 3.51. The monoisotopic (exact) mass is 263 g/mol. The topological polar surface area (TPSA) is 52.6 Å². The van der Waals surface area contributed by atoms with Crippen molar-refractivity contribution in [2.45, 2.75) is 13.3 Å². The average Bonchev–Trinajstić information content (AvgIpc) is 2.67. The third kappa shape index (κ3) is 2.49. The Hall–Kier alpha value is -1.82. The molecule has 0 N–H and O–H groups in total. The summed E-state index contributed by atoms with van der Waals surface area (Å²) in [6, 6.07) is 0. The van der Waals surface area contributed by atoms with Gasteiger partial charge in [-0.2, -0.15) is 0 Å². The van der Waals surface area contributed by atoms with Crippen molar-refractivity contribution in [1.82, 2.24) is 0 Å². The summed E-state index contributed by atoms with van der Waals surface area (Å²) in [7, 11) is 1.81. The van der Waals surface area contributed by atoms with Gasteiger partial charge < -0.3 is 13.7 Å². The first-order valence-electron chi connectivity index (χ1n) is 6.45. The maximum atomic E-state index is 11.5. The van der Waals surface area contributed by atoms with Gasteiger partial charge in [-0.05, 0) is 6.42 Å². The van der Waals surface area contributed by atoms with Crippen molar-refractivity contribution in [3.05, 3.63) is 36.4 Å². The van der Waals surface area contributed by atoms with Crippen LogP contribution in [0.5, 0.6) is 0 Å². The lowest BCUT2D eigenvalue weighted by Crippen LogP contribution is -2.58. The van der Waals surface area contributed by atoms with Gasteiger partial charge in [0, 0.05) is 7.05 Å². The maximum Gasteiger partial charge on any atom is 0.607 e. The average molecular weight is 263 g/mol. The van der Waals surface area contributed by atoms with Crippen LogP contribution in [-0.2, 0) is 18.9 Å². The van der Waals surface area contributed by atoms with Gasteiger partial charge in [-0.1, -0.05) is 43.3 Å². The van der Waals surface area contributed by atoms with Crippen molar-refractivity contribution < 1.29 is 23.3 Å². The van der Waals surface area contributed by atoms with Crippen LogP contribution in [0.15, 0.2) is 36.4 Å². The molecule has 2 fully saturated rings. The minimum absolute atomic E-state index is 0.176. The smallest absolute Gasteiger partial charge is 0.596 e. The molecular weight excluding hydrogens is 245 g/mol. The third-order valence-electron chi connectivity index (χ3n) is 3.51. The molecule has 2 aliphatic rings. The summed E-state index contributed by atoms with van der Waals surface area (Å²) in [6.07, 6.45) is 10.4. The zero-order chi connectivity index (χ0) is 13.9. The van der Waals surface area contributed by atoms with E-state index in [0.29, 0.717) is 0 Å². The van der Waals surface area contributed by atoms with Gasteiger partial charge in [0.1, 0.15) is 13.1 Å². The SMILES string of the molecule is CC/C=C/C=C/C=C/[B-]12OC(=O)C[N+]1(C)CC(=O)O2. The molecule has 2 rings (SSSR count). The van der Waals surface area contributed by atoms with E-state index in [9.17, 15) is 9.59 Å². The summed E-state index contributed by atoms with van der Waals surface area (Å²) >= 11 is 0. The molecule has 0 aromatic carbocycles. The van der Waals surface area contributed by atoms with Crippen LogP contribution in [0.1, 0.15) is 13.3 Å². The molecule has 102 valence electrons. The molecule has 0 saturated carbocycles. The van der Waals surface area contributed by atoms with E-state index in [1.807, 2.05) is 24.3 Å². The van der Waals surface area contributed by atoms with Gasteiger partial charge in [-0.15, -0.1) is 0 Å². The van der Waals surface area contributed by atoms with Gasteiger partial charge in [0.2, 0.25) is 0 Å². The highest BCUT2D eigenvalue weighted by atomic mass is 16.7. The van der Waals surface area contributed by atoms with Crippen molar-refractivity contribution in [2.75, 3.05) is 20.1 Å². The molecule has 0 bridgehead atoms. The van der Waals surface area contributed by atoms with Crippen molar-refractivity contribution >= 4 is 18.6 Å². The van der Waals surface area contributed by atoms with E-state index in [2.05, 4.69) is 6.92 Å². The van der Waals surface area contributed by atoms with Crippen LogP contribution in [-0.4, -0.2) is 43.2 Å². The van der Waals surface area contributed by atoms with Crippen molar-refractivity contribution in [3.63, 3.8) is 0 Å². The number of nitrogens with zero attached hydrogens (tertiary/aromatic N) is 1. The quantitative estimate of drug-likeness (QED) is 0.563. The molecule has 0 aliphatic carbocycles. The minimum atomic E-state index is -2.03. The standard InChI is InChI=1S/C13H18BNO4/c1-3-4-5-6-7-8-9-14-15(2,10-12(16)18-14)11-13(17)19-14/h4-9H,3,10-11H2,1-2H3/b5-4+,7-6+,9-8+. The Bertz CT molecular complexity index is 461. The van der Waals surface area contributed by atoms with Gasteiger partial charge in [0.25, 0.3) is 0 Å². The number of likely N-dealkylation sites (N-methyl/N-ethyl adjacent to an activating group) is 1. The van der Waals surface area contributed by atoms with E-state index in [4.69, 9.17) is 9.31 Å². The van der Waals surface area contributed by atoms with E-state index in [0.717, 1.165) is 6.42 Å². The Morgan fingerprint density at radius 2 is 1.68 bits per heavy atom. The summed E-state index contributed by atoms with van der Waals surface area (Å²) in [5, 5.41) is 0. The van der Waals surface area contributed by atoms with Gasteiger partial charge in [0.05, 0.1) is 0 Å². The molecule has 2 heterocycles. The highest BCUT2D eigenvalue weighted by molar-refractivity contribution is 6.71. The lowest BCUT2D eigenvalue weighted by Gasteiger charge is -2.37. The molecule has 0 aromatic heterocycles. The van der Waals surface area contributed by atoms with Gasteiger partial charge in [0.15, 0.2) is 0 Å². The Kier molecular flexibility index (Phi) is 3.62. The first-order chi connectivity index (χ1) is 9.01. The number of fused-ring (bicyclic) bond motifs is 1. The van der Waals surface area contributed by atoms with Gasteiger partial charge in [-0.25, -0.2) is 0 Å². The number of hydrogen-bond donors (Lipinski definition) is 0. The second kappa shape index (κ2) is 5.05. The number of allylic oxidation sites excluding steroid dienone is 5. The Labute approximate surface area is 112 Å². The molecule has 0 amide bonds. The molecule has 6 heteroatoms. The number of carbonyl (C=O) groups excluding carboxylic acids is 2. The Morgan fingerprint density at radius 3 is 2.26 bits per heavy atom. The Morgan fingerprint density at radius 1 is 1.11 bits per heavy atom. The van der Waals surface area contributed by atoms with E-state index in [1.54, 1.807) is 19.1 Å². The number of rotatable bonds is 4. The highest BCUT2D eigenvalue weighted by Gasteiger charge is 2.63. The lowest BCUT2D eigenvalue weighted by atomic mass is 9.68. The first-order valence-corrected chi connectivity index (χ1v) is 6.45. The Balaban J connectivity index is 2.14. The van der Waals surface area contributed by atoms with E-state index >= 15 is 0 Å². The van der Waals surface area contributed by atoms with E-state index in [1.165, 1.54) is 0 Å². The maximum absolute atomic E-state index is 11.5. The van der Waals surface area contributed by atoms with E-state index < -0.39 is 6.69 Å². The fourth-order valence-electron chi connectivity index (χ4n) is 2.46. The van der Waals surface area contributed by atoms with Crippen LogP contribution < -0.4 is 0 Å². The van der Waals surface area contributed by atoms with Crippen LogP contribution in [0, 0.1) is 0 Å². The molecule has 0 radical (unpaired) electrons. The summed E-state index contributed by atoms with van der Waals surface area (Å²) < 4.78 is 10.8. The molecule has 19 heavy (non-hydrogen) atoms. The number of hydrogen-bond acceptors (Lipinski definition) is 4. The summed E-state index contributed by atoms with van der Waals surface area (Å²) in [5.41, 5.74) is 0. The molecule has 0 aromatic rings. The minimum Gasteiger partial charge on any atom is -0.596 e. The molecule has 2 saturated heterocycles. The van der Waals surface area contributed by atoms with Gasteiger partial charge in [-0.3, -0.25) is 9.59 Å². The summed E-state index contributed by atoms with van der Waals surface area (Å²) in [4.78, 5) is 22.9. The first kappa shape index (κ1) is 13.6. The zero-order valence-corrected chi connectivity index (χ0v) is 11.2. The molecule has 2 aliphatic heterocycles. The fraction of sp³-hybridized carbons (Fsp3) is 0.385. The van der Waals surface area contributed by atoms with Gasteiger partial charge >= 0.3 is 18.6 Å². The largest absolute Gasteiger partial charge is 0.607 e. The predicted octanol–water partition coefficient (Wildman–Crippen LogP) is 1.10. The molecule has 0 unspecified atom stereocenters. The number of carbonyl (C=O) groups is 2. The molecular formula is C13H18BNO4. The van der Waals surface area contributed by atoms with E-state index in [-0.39, 0.29) is 29.4 Å². The van der Waals surface area contributed by atoms with Crippen molar-refractivity contribution in [1.29, 1.82) is 0 Å². The predicted molar refractivity (Wildman–Crippen MR) is 71.6 cm³/mol. The highest BCUT2D eigenvalue weighted by Crippen LogP contribution is 2.34. The fourth-order valence-corrected chi connectivity index (χ4v) is 2.46. The molecule has 0 spiro atoms.